The molecule has 10 N–H and O–H groups in total. The Balaban J connectivity index is 0.000000147. The summed E-state index contributed by atoms with van der Waals surface area (Å²) in [6.45, 7) is 18.9. The third-order valence-electron chi connectivity index (χ3n) is 20.7. The first-order valence-corrected chi connectivity index (χ1v) is 41.1. The van der Waals surface area contributed by atoms with Gasteiger partial charge in [0.2, 0.25) is 5.91 Å². The summed E-state index contributed by atoms with van der Waals surface area (Å²) in [6.07, 6.45) is 6.04. The van der Waals surface area contributed by atoms with E-state index in [9.17, 15) is 45.6 Å². The highest BCUT2D eigenvalue weighted by Gasteiger charge is 2.50. The van der Waals surface area contributed by atoms with Crippen molar-refractivity contribution in [1.29, 1.82) is 5.26 Å². The van der Waals surface area contributed by atoms with Crippen molar-refractivity contribution in [3.05, 3.63) is 139 Å². The maximum absolute atomic E-state index is 13.4. The summed E-state index contributed by atoms with van der Waals surface area (Å²) in [5.74, 6) is 4.23. The van der Waals surface area contributed by atoms with E-state index in [2.05, 4.69) is 58.6 Å². The summed E-state index contributed by atoms with van der Waals surface area (Å²) in [5, 5.41) is 40.6. The lowest BCUT2D eigenvalue weighted by Gasteiger charge is -2.41. The van der Waals surface area contributed by atoms with Gasteiger partial charge in [0, 0.05) is 122 Å². The molecule has 115 heavy (non-hydrogen) atoms. The minimum Gasteiger partial charge on any atom is -0.494 e. The molecule has 8 aliphatic heterocycles. The maximum Gasteiger partial charge on any atom is 0.522 e. The van der Waals surface area contributed by atoms with Crippen molar-refractivity contribution in [3.8, 4) is 52.1 Å². The van der Waals surface area contributed by atoms with Crippen molar-refractivity contribution in [1.82, 2.24) is 51.0 Å². The lowest BCUT2D eigenvalue weighted by molar-refractivity contribution is -0.324. The van der Waals surface area contributed by atoms with Crippen LogP contribution in [-0.2, 0) is 78.7 Å². The lowest BCUT2D eigenvalue weighted by atomic mass is 9.77. The zero-order chi connectivity index (χ0) is 82.6. The van der Waals surface area contributed by atoms with Gasteiger partial charge in [-0.05, 0) is 95.5 Å². The number of benzene rings is 4. The fourth-order valence-corrected chi connectivity index (χ4v) is 16.3. The van der Waals surface area contributed by atoms with Gasteiger partial charge in [-0.25, -0.2) is 17.8 Å². The Morgan fingerprint density at radius 1 is 0.583 bits per heavy atom. The van der Waals surface area contributed by atoms with E-state index < -0.39 is 55.9 Å². The van der Waals surface area contributed by atoms with Crippen molar-refractivity contribution in [3.63, 3.8) is 0 Å². The fraction of sp³-hybridized carbons (Fsp3) is 0.487. The number of H-pyrrole nitrogens is 1. The number of carbonyl (C=O) groups excluding carboxylic acids is 5. The van der Waals surface area contributed by atoms with E-state index in [1.165, 1.54) is 0 Å². The molecule has 3 aromatic heterocycles. The number of nitrogens with two attached hydrogens (primary N) is 2. The molecule has 4 aromatic carbocycles. The lowest BCUT2D eigenvalue weighted by Crippen LogP contribution is -2.53. The summed E-state index contributed by atoms with van der Waals surface area (Å²) in [4.78, 5) is 63.4. The van der Waals surface area contributed by atoms with Gasteiger partial charge in [0.05, 0.1) is 98.7 Å². The summed E-state index contributed by atoms with van der Waals surface area (Å²) >= 11 is 6.18. The molecule has 0 unspecified atom stereocenters. The molecule has 11 heterocycles. The second-order valence-electron chi connectivity index (χ2n) is 28.8. The molecule has 15 rings (SSSR count). The minimum absolute atomic E-state index is 0.00808. The van der Waals surface area contributed by atoms with E-state index in [0.29, 0.717) is 162 Å². The summed E-state index contributed by atoms with van der Waals surface area (Å²) < 4.78 is 109. The van der Waals surface area contributed by atoms with Gasteiger partial charge in [-0.2, -0.15) is 20.6 Å². The molecule has 618 valence electrons. The number of nitrogen functional groups attached to an aromatic ring is 2. The topological polar surface area (TPSA) is 403 Å². The first-order chi connectivity index (χ1) is 55.0. The molecule has 0 saturated carbocycles. The Morgan fingerprint density at radius 3 is 1.38 bits per heavy atom. The Labute approximate surface area is 669 Å². The summed E-state index contributed by atoms with van der Waals surface area (Å²) in [7, 11) is -3.52. The minimum atomic E-state index is -4.45. The van der Waals surface area contributed by atoms with E-state index in [-0.39, 0.29) is 47.1 Å². The van der Waals surface area contributed by atoms with Crippen LogP contribution >= 0.6 is 11.6 Å². The number of hydrogen-bond donors (Lipinski definition) is 8. The number of aromatic amines is 1. The van der Waals surface area contributed by atoms with Crippen LogP contribution in [0.25, 0.3) is 0 Å². The zero-order valence-corrected chi connectivity index (χ0v) is 67.2. The van der Waals surface area contributed by atoms with Gasteiger partial charge < -0.3 is 75.9 Å². The molecule has 4 atom stereocenters. The van der Waals surface area contributed by atoms with Crippen LogP contribution in [0, 0.1) is 11.3 Å². The Kier molecular flexibility index (Phi) is 26.8. The van der Waals surface area contributed by atoms with Crippen molar-refractivity contribution < 1.29 is 88.2 Å². The number of fused-ring (bicyclic) bond motifs is 11. The Bertz CT molecular complexity index is 4970. The monoisotopic (exact) mass is 1630 g/mol. The van der Waals surface area contributed by atoms with Crippen LogP contribution in [0.1, 0.15) is 190 Å². The van der Waals surface area contributed by atoms with Crippen LogP contribution in [-0.4, -0.2) is 146 Å². The number of alkyl halides is 3. The number of nitrogens with one attached hydrogen (secondary N) is 6. The number of ether oxygens (including phenoxy) is 9. The third-order valence-corrected chi connectivity index (χ3v) is 21.8. The van der Waals surface area contributed by atoms with Crippen LogP contribution in [0.3, 0.4) is 0 Å². The predicted molar refractivity (Wildman–Crippen MR) is 419 cm³/mol. The molecule has 0 bridgehead atoms. The van der Waals surface area contributed by atoms with E-state index >= 15 is 0 Å². The normalized spacial score (nSPS) is 20.3. The van der Waals surface area contributed by atoms with Gasteiger partial charge in [-0.3, -0.25) is 33.8 Å². The number of rotatable bonds is 20. The molecule has 5 amide bonds. The average molecular weight is 1640 g/mol. The quantitative estimate of drug-likeness (QED) is 0.0329. The van der Waals surface area contributed by atoms with E-state index in [1.54, 1.807) is 16.3 Å². The SMILES string of the molecule is CCCCOC(F)(F)F.CCCCn1nc2c(c1N)C(=O)N[C@]1(CCOc3cc(OCC)ccc31)C2.CCCCn1nc2c(c1NC(=O)CS(C)(=O)=O)C(=O)N[C@]1(CCOc3cc(OCC)ccc31)C2.CCOc1ccc2c(c1)OCC[C@@]21CC(Cl)=C(C#N)C(=O)N1.CCOc1ccc2c(c1)OCC[C@@]21Cc2[nH]nc(N)c2C(=O)N1. The number of amides is 5. The number of aryl methyl sites for hydroxylation is 2. The van der Waals surface area contributed by atoms with E-state index in [4.69, 9.17) is 66.2 Å². The number of aromatic nitrogens is 6. The smallest absolute Gasteiger partial charge is 0.494 e. The van der Waals surface area contributed by atoms with Crippen molar-refractivity contribution in [2.24, 2.45) is 0 Å². The molecule has 35 heteroatoms. The molecule has 30 nitrogen and oxygen atoms in total. The van der Waals surface area contributed by atoms with Crippen molar-refractivity contribution in [2.75, 3.05) is 88.3 Å². The predicted octanol–water partition coefficient (Wildman–Crippen LogP) is 10.9. The van der Waals surface area contributed by atoms with Crippen molar-refractivity contribution >= 4 is 68.4 Å². The number of halogens is 4. The van der Waals surface area contributed by atoms with Crippen LogP contribution in [0.15, 0.2) is 83.4 Å². The number of hydrogen-bond acceptors (Lipinski definition) is 22. The first kappa shape index (κ1) is 85.0. The highest BCUT2D eigenvalue weighted by Crippen LogP contribution is 2.49. The van der Waals surface area contributed by atoms with Crippen molar-refractivity contribution in [2.45, 2.75) is 180 Å². The molecule has 7 aromatic rings. The van der Waals surface area contributed by atoms with Gasteiger partial charge in [0.25, 0.3) is 23.6 Å². The van der Waals surface area contributed by atoms with Gasteiger partial charge >= 0.3 is 6.36 Å². The maximum atomic E-state index is 13.4. The molecular weight excluding hydrogens is 1540 g/mol. The second-order valence-corrected chi connectivity index (χ2v) is 31.4. The van der Waals surface area contributed by atoms with Gasteiger partial charge in [-0.1, -0.05) is 51.6 Å². The highest BCUT2D eigenvalue weighted by atomic mass is 35.5. The molecule has 0 aliphatic carbocycles. The highest BCUT2D eigenvalue weighted by molar-refractivity contribution is 7.91. The number of carbonyl (C=O) groups is 5. The van der Waals surface area contributed by atoms with E-state index in [0.717, 1.165) is 107 Å². The average Bonchev–Trinajstić information content (AvgIpc) is 1.63. The van der Waals surface area contributed by atoms with Gasteiger partial charge in [-0.15, -0.1) is 13.2 Å². The standard InChI is InChI=1S/C23H30N4O6S.C20H26N4O3.C16H15ClN2O3.C16H18N4O3.C5H9F3O/c1-4-6-10-27-21(24-19(28)14-34(3,30)31)20-17(26-27)13-23(25-22(20)29)9-11-33-18-12-15(32-5-2)7-8-16(18)23;1-3-5-9-24-18(21)17-15(23-24)12-20(22-19(17)25)8-10-27-16-11-13(26-4-2)6-7-14(16)20;1-2-21-10-3-4-12-14(7-10)22-6-5-16(12)8-13(17)11(9-18)15(20)19-16;1-2-22-9-3-4-10-12(7-9)23-6-5-16(10)8-11-13(15(21)18-16)14(17)20-19-11;1-2-3-4-9-5(6,7)8/h7-8,12H,4-6,9-11,13-14H2,1-3H3,(H,24,28)(H,25,29);6-7,11H,3-5,8-10,12,21H2,1-2H3,(H,22,25);3-4,7H,2,5-6,8H2,1H3,(H,19,20);3-4,7H,2,5-6,8H2,1H3,(H,18,21)(H3,17,19,20);2-4H2,1H3/t23-;20-;2*16-;/m1111./s1. The van der Waals surface area contributed by atoms with E-state index in [1.807, 2.05) is 113 Å². The van der Waals surface area contributed by atoms with Crippen LogP contribution in [0.5, 0.6) is 46.0 Å². The molecule has 0 radical (unpaired) electrons. The summed E-state index contributed by atoms with van der Waals surface area (Å²) in [6, 6.07) is 24.6. The molecule has 0 saturated heterocycles. The number of nitriles is 1. The molecular formula is C80H98ClF3N14O16S. The van der Waals surface area contributed by atoms with Gasteiger partial charge in [0.1, 0.15) is 91.7 Å². The van der Waals surface area contributed by atoms with Gasteiger partial charge in [0.15, 0.2) is 15.7 Å². The third kappa shape index (κ3) is 19.1. The zero-order valence-electron chi connectivity index (χ0n) is 65.6. The number of nitrogens with zero attached hydrogens (tertiary/aromatic N) is 6. The molecule has 4 spiro atoms. The molecule has 8 aliphatic rings. The molecule has 0 fully saturated rings. The number of sulfone groups is 1. The number of unbranched alkanes of at least 4 members (excludes halogenated alkanes) is 3. The number of anilines is 3. The van der Waals surface area contributed by atoms with Crippen LogP contribution in [0.4, 0.5) is 30.6 Å². The first-order valence-electron chi connectivity index (χ1n) is 38.7. The largest absolute Gasteiger partial charge is 0.522 e. The fourth-order valence-electron chi connectivity index (χ4n) is 15.3. The second kappa shape index (κ2) is 36.3. The Hall–Kier alpha value is -10.9. The Morgan fingerprint density at radius 2 is 0.974 bits per heavy atom. The summed E-state index contributed by atoms with van der Waals surface area (Å²) in [5.41, 5.74) is 16.7. The van der Waals surface area contributed by atoms with Crippen LogP contribution in [0.2, 0.25) is 0 Å². The van der Waals surface area contributed by atoms with Crippen LogP contribution < -0.4 is 75.9 Å².